The molecule has 0 heterocycles. The number of carbonyl (C=O) groups excluding carboxylic acids is 2. The van der Waals surface area contributed by atoms with Gasteiger partial charge in [-0.1, -0.05) is 6.08 Å². The monoisotopic (exact) mass is 410 g/mol. The summed E-state index contributed by atoms with van der Waals surface area (Å²) in [4.78, 5) is 22.2. The van der Waals surface area contributed by atoms with Crippen LogP contribution in [0.1, 0.15) is 27.2 Å². The molecule has 0 aliphatic heterocycles. The number of amides is 1. The molecule has 0 aliphatic rings. The van der Waals surface area contributed by atoms with Crippen LogP contribution in [0.15, 0.2) is 12.7 Å². The first-order chi connectivity index (χ1) is 12.7. The summed E-state index contributed by atoms with van der Waals surface area (Å²) in [5, 5.41) is 2.63. The molecule has 0 aliphatic carbocycles. The highest BCUT2D eigenvalue weighted by molar-refractivity contribution is 7.48. The van der Waals surface area contributed by atoms with E-state index in [2.05, 4.69) is 11.9 Å². The molecule has 0 saturated carbocycles. The zero-order valence-corrected chi connectivity index (χ0v) is 17.1. The van der Waals surface area contributed by atoms with Gasteiger partial charge < -0.3 is 20.5 Å². The average Bonchev–Trinajstić information content (AvgIpc) is 2.58. The first-order valence-electron chi connectivity index (χ1n) is 8.59. The Hall–Kier alpha value is -1.29. The Morgan fingerprint density at radius 3 is 2.44 bits per heavy atom. The Bertz CT molecular complexity index is 503. The van der Waals surface area contributed by atoms with Gasteiger partial charge in [-0.2, -0.15) is 0 Å². The molecule has 0 radical (unpaired) electrons. The number of nitrogens with two attached hydrogens (primary N) is 1. The van der Waals surface area contributed by atoms with Crippen molar-refractivity contribution in [1.29, 1.82) is 0 Å². The quantitative estimate of drug-likeness (QED) is 0.166. The highest BCUT2D eigenvalue weighted by atomic mass is 31.2. The first-order valence-corrected chi connectivity index (χ1v) is 10.0. The van der Waals surface area contributed by atoms with Crippen molar-refractivity contribution in [3.05, 3.63) is 12.7 Å². The minimum absolute atomic E-state index is 0.0102. The van der Waals surface area contributed by atoms with Crippen LogP contribution in [-0.2, 0) is 37.2 Å². The molecule has 3 atom stereocenters. The highest BCUT2D eigenvalue weighted by Gasteiger charge is 2.28. The van der Waals surface area contributed by atoms with Gasteiger partial charge in [-0.3, -0.25) is 23.2 Å². The van der Waals surface area contributed by atoms with E-state index in [1.807, 2.05) is 0 Å². The summed E-state index contributed by atoms with van der Waals surface area (Å²) >= 11 is 0. The lowest BCUT2D eigenvalue weighted by molar-refractivity contribution is -0.146. The molecule has 27 heavy (non-hydrogen) atoms. The number of esters is 1. The van der Waals surface area contributed by atoms with E-state index >= 15 is 0 Å². The fourth-order valence-corrected chi connectivity index (χ4v) is 3.04. The summed E-state index contributed by atoms with van der Waals surface area (Å²) < 4.78 is 38.3. The number of carbonyl (C=O) groups is 2. The van der Waals surface area contributed by atoms with Gasteiger partial charge in [0.05, 0.1) is 39.1 Å². The summed E-state index contributed by atoms with van der Waals surface area (Å²) in [6, 6.07) is -0.575. The van der Waals surface area contributed by atoms with Gasteiger partial charge in [-0.05, 0) is 6.92 Å². The van der Waals surface area contributed by atoms with Gasteiger partial charge in [0.25, 0.3) is 0 Å². The van der Waals surface area contributed by atoms with Crippen molar-refractivity contribution >= 4 is 19.7 Å². The SMILES string of the molecule is C=CCOP(=O)(OCCN)OC[C@H](COCC[C@@H](C)OC(C)=O)NC(C)=O. The summed E-state index contributed by atoms with van der Waals surface area (Å²) in [5.74, 6) is -0.662. The van der Waals surface area contributed by atoms with Crippen LogP contribution in [-0.4, -0.2) is 63.6 Å². The first kappa shape index (κ1) is 25.7. The lowest BCUT2D eigenvalue weighted by atomic mass is 10.3. The molecular formula is C16H31N2O8P. The standard InChI is InChI=1S/C16H31N2O8P/c1-5-8-23-27(21,24-10-7-17)25-12-16(18-14(3)19)11-22-9-6-13(2)26-15(4)20/h5,13,16H,1,6-12,17H2,2-4H3,(H,18,19)/t13-,16+,27?/m1/s1. The summed E-state index contributed by atoms with van der Waals surface area (Å²) in [6.07, 6.45) is 1.61. The molecule has 158 valence electrons. The molecule has 0 bridgehead atoms. The van der Waals surface area contributed by atoms with Crippen LogP contribution in [0, 0.1) is 0 Å². The largest absolute Gasteiger partial charge is 0.475 e. The van der Waals surface area contributed by atoms with Crippen LogP contribution >= 0.6 is 7.82 Å². The number of hydrogen-bond acceptors (Lipinski definition) is 9. The van der Waals surface area contributed by atoms with Gasteiger partial charge in [0.2, 0.25) is 5.91 Å². The van der Waals surface area contributed by atoms with Gasteiger partial charge >= 0.3 is 13.8 Å². The number of phosphoric ester groups is 1. The van der Waals surface area contributed by atoms with Crippen LogP contribution in [0.2, 0.25) is 0 Å². The number of ether oxygens (including phenoxy) is 2. The van der Waals surface area contributed by atoms with Gasteiger partial charge in [-0.15, -0.1) is 6.58 Å². The Balaban J connectivity index is 4.52. The molecule has 0 aromatic heterocycles. The molecule has 0 fully saturated rings. The van der Waals surface area contributed by atoms with Crippen molar-refractivity contribution in [2.75, 3.05) is 39.6 Å². The minimum atomic E-state index is -3.84. The molecule has 10 nitrogen and oxygen atoms in total. The van der Waals surface area contributed by atoms with E-state index in [0.717, 1.165) is 0 Å². The van der Waals surface area contributed by atoms with Crippen LogP contribution in [0.4, 0.5) is 0 Å². The fourth-order valence-electron chi connectivity index (χ4n) is 1.84. The van der Waals surface area contributed by atoms with Gasteiger partial charge in [0.1, 0.15) is 6.10 Å². The van der Waals surface area contributed by atoms with E-state index in [4.69, 9.17) is 28.8 Å². The predicted molar refractivity (Wildman–Crippen MR) is 99.0 cm³/mol. The van der Waals surface area contributed by atoms with Crippen LogP contribution in [0.3, 0.4) is 0 Å². The van der Waals surface area contributed by atoms with Crippen molar-refractivity contribution in [1.82, 2.24) is 5.32 Å². The third kappa shape index (κ3) is 14.4. The van der Waals surface area contributed by atoms with Crippen molar-refractivity contribution in [3.63, 3.8) is 0 Å². The summed E-state index contributed by atoms with van der Waals surface area (Å²) in [5.41, 5.74) is 5.34. The Morgan fingerprint density at radius 1 is 1.19 bits per heavy atom. The molecular weight excluding hydrogens is 379 g/mol. The van der Waals surface area contributed by atoms with Crippen molar-refractivity contribution in [2.45, 2.75) is 39.3 Å². The van der Waals surface area contributed by atoms with Gasteiger partial charge in [0.15, 0.2) is 0 Å². The van der Waals surface area contributed by atoms with E-state index in [1.165, 1.54) is 19.9 Å². The zero-order chi connectivity index (χ0) is 20.7. The molecule has 1 unspecified atom stereocenters. The highest BCUT2D eigenvalue weighted by Crippen LogP contribution is 2.49. The second kappa shape index (κ2) is 14.7. The van der Waals surface area contributed by atoms with Crippen LogP contribution in [0.5, 0.6) is 0 Å². The Kier molecular flexibility index (Phi) is 14.0. The smallest absolute Gasteiger partial charge is 0.463 e. The van der Waals surface area contributed by atoms with E-state index in [1.54, 1.807) is 6.92 Å². The molecule has 1 amide bonds. The zero-order valence-electron chi connectivity index (χ0n) is 16.2. The number of phosphoric acid groups is 1. The summed E-state index contributed by atoms with van der Waals surface area (Å²) in [6.45, 7) is 8.25. The minimum Gasteiger partial charge on any atom is -0.463 e. The third-order valence-electron chi connectivity index (χ3n) is 2.91. The average molecular weight is 410 g/mol. The van der Waals surface area contributed by atoms with Crippen molar-refractivity contribution in [2.24, 2.45) is 5.73 Å². The number of hydrogen-bond donors (Lipinski definition) is 2. The topological polar surface area (TPSA) is 135 Å². The molecule has 0 saturated heterocycles. The maximum atomic E-state index is 12.5. The van der Waals surface area contributed by atoms with E-state index in [-0.39, 0.29) is 51.0 Å². The Labute approximate surface area is 160 Å². The van der Waals surface area contributed by atoms with Gasteiger partial charge in [0, 0.05) is 26.8 Å². The molecule has 0 spiro atoms. The van der Waals surface area contributed by atoms with Crippen LogP contribution in [0.25, 0.3) is 0 Å². The van der Waals surface area contributed by atoms with E-state index < -0.39 is 13.9 Å². The lowest BCUT2D eigenvalue weighted by Gasteiger charge is -2.22. The number of rotatable bonds is 16. The maximum Gasteiger partial charge on any atom is 0.475 e. The normalized spacial score (nSPS) is 15.4. The molecule has 0 rings (SSSR count). The lowest BCUT2D eigenvalue weighted by Crippen LogP contribution is -2.40. The second-order valence-electron chi connectivity index (χ2n) is 5.63. The predicted octanol–water partition coefficient (Wildman–Crippen LogP) is 1.15. The molecule has 11 heteroatoms. The van der Waals surface area contributed by atoms with Crippen molar-refractivity contribution in [3.8, 4) is 0 Å². The number of nitrogens with one attached hydrogen (secondary N) is 1. The maximum absolute atomic E-state index is 12.5. The van der Waals surface area contributed by atoms with Crippen molar-refractivity contribution < 1.29 is 37.2 Å². The summed E-state index contributed by atoms with van der Waals surface area (Å²) in [7, 11) is -3.84. The van der Waals surface area contributed by atoms with E-state index in [9.17, 15) is 14.2 Å². The van der Waals surface area contributed by atoms with Crippen LogP contribution < -0.4 is 11.1 Å². The van der Waals surface area contributed by atoms with E-state index in [0.29, 0.717) is 13.0 Å². The third-order valence-corrected chi connectivity index (χ3v) is 4.34. The second-order valence-corrected chi connectivity index (χ2v) is 7.30. The Morgan fingerprint density at radius 2 is 1.89 bits per heavy atom. The van der Waals surface area contributed by atoms with Gasteiger partial charge in [-0.25, -0.2) is 4.57 Å². The fraction of sp³-hybridized carbons (Fsp3) is 0.750. The molecule has 0 aromatic rings. The molecule has 3 N–H and O–H groups in total. The molecule has 0 aromatic carbocycles.